The Morgan fingerprint density at radius 3 is 2.39 bits per heavy atom. The third kappa shape index (κ3) is 2.82. The van der Waals surface area contributed by atoms with Gasteiger partial charge in [0.25, 0.3) is 11.8 Å². The molecule has 2 aliphatic heterocycles. The van der Waals surface area contributed by atoms with Crippen LogP contribution in [0.2, 0.25) is 0 Å². The highest BCUT2D eigenvalue weighted by Crippen LogP contribution is 2.66. The van der Waals surface area contributed by atoms with E-state index in [1.165, 1.54) is 26.3 Å². The van der Waals surface area contributed by atoms with Crippen LogP contribution in [-0.2, 0) is 23.9 Å². The third-order valence-electron chi connectivity index (χ3n) is 7.92. The molecule has 5 rings (SSSR count). The molecule has 0 radical (unpaired) electrons. The van der Waals surface area contributed by atoms with Gasteiger partial charge in [-0.05, 0) is 24.8 Å². The number of allylic oxidation sites excluding steroid dienone is 2. The van der Waals surface area contributed by atoms with Gasteiger partial charge in [0.1, 0.15) is 11.5 Å². The molecular weight excluding hydrogens is 515 g/mol. The normalized spacial score (nSPS) is 35.3. The second-order valence-electron chi connectivity index (χ2n) is 9.40. The fraction of sp³-hybridized carbons (Fsp3) is 0.458. The van der Waals surface area contributed by atoms with E-state index in [0.717, 1.165) is 12.0 Å². The number of carbonyl (C=O) groups is 5. The number of ether oxygens (including phenoxy) is 2. The lowest BCUT2D eigenvalue weighted by molar-refractivity contribution is -0.139. The Labute approximate surface area is 215 Å². The van der Waals surface area contributed by atoms with E-state index in [2.05, 4.69) is 4.74 Å². The van der Waals surface area contributed by atoms with Crippen molar-refractivity contribution in [1.29, 1.82) is 0 Å². The number of fused-ring (bicyclic) bond motifs is 4. The van der Waals surface area contributed by atoms with Crippen molar-refractivity contribution in [1.82, 2.24) is 9.80 Å². The van der Waals surface area contributed by atoms with E-state index in [-0.39, 0.29) is 24.2 Å². The van der Waals surface area contributed by atoms with Crippen LogP contribution in [0.5, 0.6) is 11.5 Å². The van der Waals surface area contributed by atoms with Crippen LogP contribution >= 0.6 is 23.2 Å². The molecular formula is C24H22Cl2N2O8. The van der Waals surface area contributed by atoms with Gasteiger partial charge in [-0.3, -0.25) is 24.1 Å². The second-order valence-corrected chi connectivity index (χ2v) is 10.6. The first-order chi connectivity index (χ1) is 16.9. The molecule has 0 spiro atoms. The van der Waals surface area contributed by atoms with E-state index >= 15 is 0 Å². The van der Waals surface area contributed by atoms with Crippen LogP contribution in [0.4, 0.5) is 4.79 Å². The van der Waals surface area contributed by atoms with Crippen molar-refractivity contribution in [3.8, 4) is 11.5 Å². The van der Waals surface area contributed by atoms with Crippen molar-refractivity contribution in [3.05, 3.63) is 35.4 Å². The molecule has 1 N–H and O–H groups in total. The van der Waals surface area contributed by atoms with Gasteiger partial charge < -0.3 is 14.6 Å². The maximum absolute atomic E-state index is 13.5. The summed E-state index contributed by atoms with van der Waals surface area (Å²) in [7, 11) is 3.75. The van der Waals surface area contributed by atoms with Crippen molar-refractivity contribution in [2.45, 2.75) is 28.5 Å². The number of carbonyl (C=O) groups excluding carboxylic acids is 5. The first kappa shape index (κ1) is 24.6. The van der Waals surface area contributed by atoms with Crippen LogP contribution in [0.25, 0.3) is 0 Å². The molecule has 4 aliphatic rings. The molecule has 1 saturated carbocycles. The number of likely N-dealkylation sites (tertiary alicyclic amines) is 2. The van der Waals surface area contributed by atoms with Crippen LogP contribution in [0.15, 0.2) is 29.8 Å². The SMILES string of the molecule is COC(=O)N1C(=O)C2CC=C3C(CC4(Cl)C(=O)N(C)C(=O)C4(Cl)C3c3ccc(OC)cc3O)C2C1=O. The van der Waals surface area contributed by atoms with Gasteiger partial charge in [-0.1, -0.05) is 17.7 Å². The number of hydrogen-bond donors (Lipinski definition) is 1. The van der Waals surface area contributed by atoms with Gasteiger partial charge in [0.2, 0.25) is 11.8 Å². The number of imide groups is 4. The quantitative estimate of drug-likeness (QED) is 0.345. The zero-order valence-electron chi connectivity index (χ0n) is 19.5. The van der Waals surface area contributed by atoms with Crippen molar-refractivity contribution in [2.24, 2.45) is 17.8 Å². The van der Waals surface area contributed by atoms with Crippen molar-refractivity contribution in [2.75, 3.05) is 21.3 Å². The van der Waals surface area contributed by atoms with E-state index in [0.29, 0.717) is 16.2 Å². The standard InChI is InChI=1S/C24H22Cl2N2O8/c1-27-20(32)23(25)9-14-11(6-7-13-16(14)19(31)28(18(13)30)22(34)36-3)17(24(23,26)21(27)33)12-5-4-10(35-2)8-15(12)29/h4-6,8,13-14,16-17,29H,7,9H2,1-3H3. The number of methoxy groups -OCH3 is 2. The van der Waals surface area contributed by atoms with Gasteiger partial charge in [0.15, 0.2) is 9.75 Å². The summed E-state index contributed by atoms with van der Waals surface area (Å²) in [5.41, 5.74) is 0.704. The number of rotatable bonds is 2. The predicted molar refractivity (Wildman–Crippen MR) is 124 cm³/mol. The maximum atomic E-state index is 13.5. The lowest BCUT2D eigenvalue weighted by Crippen LogP contribution is -2.60. The Morgan fingerprint density at radius 1 is 1.08 bits per heavy atom. The number of amides is 5. The smallest absolute Gasteiger partial charge is 0.423 e. The summed E-state index contributed by atoms with van der Waals surface area (Å²) in [4.78, 5) is 62.6. The fourth-order valence-corrected chi connectivity index (χ4v) is 7.27. The van der Waals surface area contributed by atoms with Crippen LogP contribution in [0.1, 0.15) is 24.3 Å². The van der Waals surface area contributed by atoms with E-state index in [1.807, 2.05) is 0 Å². The average Bonchev–Trinajstić information content (AvgIpc) is 3.19. The number of phenols is 1. The molecule has 10 nitrogen and oxygen atoms in total. The highest BCUT2D eigenvalue weighted by atomic mass is 35.5. The summed E-state index contributed by atoms with van der Waals surface area (Å²) in [6, 6.07) is 4.43. The van der Waals surface area contributed by atoms with Crippen LogP contribution < -0.4 is 4.74 Å². The molecule has 6 atom stereocenters. The predicted octanol–water partition coefficient (Wildman–Crippen LogP) is 2.16. The molecule has 190 valence electrons. The number of alkyl halides is 2. The summed E-state index contributed by atoms with van der Waals surface area (Å²) in [6.45, 7) is 0. The van der Waals surface area contributed by atoms with Crippen molar-refractivity contribution >= 4 is 52.9 Å². The first-order valence-corrected chi connectivity index (χ1v) is 11.9. The van der Waals surface area contributed by atoms with Gasteiger partial charge in [-0.25, -0.2) is 4.79 Å². The van der Waals surface area contributed by atoms with Crippen LogP contribution in [-0.4, -0.2) is 75.6 Å². The minimum atomic E-state index is -2.02. The summed E-state index contributed by atoms with van der Waals surface area (Å²) in [5, 5.41) is 10.9. The van der Waals surface area contributed by atoms with Crippen molar-refractivity contribution in [3.63, 3.8) is 0 Å². The summed E-state index contributed by atoms with van der Waals surface area (Å²) >= 11 is 14.0. The summed E-state index contributed by atoms with van der Waals surface area (Å²) in [6.07, 6.45) is 0.465. The molecule has 2 heterocycles. The molecule has 0 aromatic heterocycles. The molecule has 6 unspecified atom stereocenters. The number of halogens is 2. The topological polar surface area (TPSA) is 131 Å². The van der Waals surface area contributed by atoms with Gasteiger partial charge in [0, 0.05) is 24.6 Å². The third-order valence-corrected chi connectivity index (χ3v) is 9.33. The maximum Gasteiger partial charge on any atom is 0.423 e. The van der Waals surface area contributed by atoms with E-state index in [1.54, 1.807) is 12.1 Å². The Balaban J connectivity index is 1.72. The van der Waals surface area contributed by atoms with Gasteiger partial charge >= 0.3 is 6.09 Å². The first-order valence-electron chi connectivity index (χ1n) is 11.2. The number of phenolic OH excluding ortho intramolecular Hbond substituents is 1. The minimum absolute atomic E-state index is 0.0855. The van der Waals surface area contributed by atoms with Crippen LogP contribution in [0.3, 0.4) is 0 Å². The molecule has 5 amide bonds. The fourth-order valence-electron chi connectivity index (χ4n) is 6.26. The highest BCUT2D eigenvalue weighted by molar-refractivity contribution is 6.53. The lowest BCUT2D eigenvalue weighted by Gasteiger charge is -2.50. The molecule has 1 aromatic rings. The number of hydrogen-bond acceptors (Lipinski definition) is 8. The monoisotopic (exact) mass is 536 g/mol. The molecule has 12 heteroatoms. The Kier molecular flexibility index (Phi) is 5.42. The molecule has 36 heavy (non-hydrogen) atoms. The Morgan fingerprint density at radius 2 is 1.78 bits per heavy atom. The molecule has 3 fully saturated rings. The van der Waals surface area contributed by atoms with Crippen LogP contribution in [0, 0.1) is 17.8 Å². The summed E-state index contributed by atoms with van der Waals surface area (Å²) < 4.78 is 9.79. The van der Waals surface area contributed by atoms with E-state index in [9.17, 15) is 29.1 Å². The molecule has 0 bridgehead atoms. The van der Waals surface area contributed by atoms with Crippen molar-refractivity contribution < 1.29 is 38.6 Å². The Hall–Kier alpha value is -3.11. The lowest BCUT2D eigenvalue weighted by atomic mass is 9.56. The zero-order chi connectivity index (χ0) is 26.3. The minimum Gasteiger partial charge on any atom is -0.508 e. The molecule has 2 saturated heterocycles. The van der Waals surface area contributed by atoms with E-state index < -0.39 is 63.1 Å². The van der Waals surface area contributed by atoms with E-state index in [4.69, 9.17) is 27.9 Å². The second kappa shape index (κ2) is 7.94. The van der Waals surface area contributed by atoms with Gasteiger partial charge in [-0.15, -0.1) is 23.2 Å². The summed E-state index contributed by atoms with van der Waals surface area (Å²) in [5.74, 6) is -6.67. The zero-order valence-corrected chi connectivity index (χ0v) is 21.0. The average molecular weight is 537 g/mol. The Bertz CT molecular complexity index is 1280. The number of aromatic hydroxyl groups is 1. The largest absolute Gasteiger partial charge is 0.508 e. The number of nitrogens with zero attached hydrogens (tertiary/aromatic N) is 2. The number of benzene rings is 1. The highest BCUT2D eigenvalue weighted by Gasteiger charge is 2.76. The van der Waals surface area contributed by atoms with Gasteiger partial charge in [0.05, 0.1) is 26.1 Å². The van der Waals surface area contributed by atoms with Gasteiger partial charge in [-0.2, -0.15) is 4.90 Å². The molecule has 2 aliphatic carbocycles. The molecule has 1 aromatic carbocycles.